The van der Waals surface area contributed by atoms with Crippen LogP contribution < -0.4 is 16.6 Å². The van der Waals surface area contributed by atoms with Crippen LogP contribution in [0.5, 0.6) is 0 Å². The molecule has 1 amide bonds. The molecule has 0 aliphatic carbocycles. The summed E-state index contributed by atoms with van der Waals surface area (Å²) in [6, 6.07) is 12.2. The number of rotatable bonds is 4. The number of hydrogen-bond acceptors (Lipinski definition) is 5. The van der Waals surface area contributed by atoms with Crippen molar-refractivity contribution in [1.82, 2.24) is 14.9 Å². The molecule has 0 fully saturated rings. The highest BCUT2D eigenvalue weighted by molar-refractivity contribution is 6.13. The number of nitrogen functional groups attached to an aromatic ring is 1. The van der Waals surface area contributed by atoms with Gasteiger partial charge in [-0.05, 0) is 55.7 Å². The van der Waals surface area contributed by atoms with Gasteiger partial charge in [-0.1, -0.05) is 32.0 Å². The van der Waals surface area contributed by atoms with E-state index in [0.717, 1.165) is 5.56 Å². The second kappa shape index (κ2) is 9.77. The molecule has 0 bridgehead atoms. The highest BCUT2D eigenvalue weighted by Crippen LogP contribution is 2.30. The lowest BCUT2D eigenvalue weighted by Gasteiger charge is -2.29. The molecule has 0 spiro atoms. The summed E-state index contributed by atoms with van der Waals surface area (Å²) < 4.78 is 14.7. The number of hydrogen-bond donors (Lipinski definition) is 2. The van der Waals surface area contributed by atoms with E-state index in [1.165, 1.54) is 16.8 Å². The summed E-state index contributed by atoms with van der Waals surface area (Å²) >= 11 is 0. The van der Waals surface area contributed by atoms with Crippen LogP contribution >= 0.6 is 0 Å². The monoisotopic (exact) mass is 450 g/mol. The fourth-order valence-electron chi connectivity index (χ4n) is 3.92. The van der Waals surface area contributed by atoms with Crippen molar-refractivity contribution in [1.29, 1.82) is 0 Å². The van der Waals surface area contributed by atoms with Gasteiger partial charge in [-0.25, -0.2) is 9.37 Å². The molecule has 3 N–H and O–H groups in total. The minimum absolute atomic E-state index is 0.0729. The number of aryl methyl sites for hydroxylation is 1. The molecule has 2 heterocycles. The van der Waals surface area contributed by atoms with Crippen LogP contribution in [0.15, 0.2) is 59.5 Å². The second-order valence-electron chi connectivity index (χ2n) is 7.83. The number of benzene rings is 2. The zero-order chi connectivity index (χ0) is 24.2. The van der Waals surface area contributed by atoms with Gasteiger partial charge in [-0.3, -0.25) is 19.0 Å². The molecule has 4 rings (SSSR count). The van der Waals surface area contributed by atoms with Crippen molar-refractivity contribution in [3.8, 4) is 5.69 Å². The number of aromatic nitrogens is 2. The van der Waals surface area contributed by atoms with Crippen LogP contribution in [0.1, 0.15) is 38.1 Å². The van der Waals surface area contributed by atoms with E-state index in [1.54, 1.807) is 30.3 Å². The second-order valence-corrected chi connectivity index (χ2v) is 7.83. The van der Waals surface area contributed by atoms with Gasteiger partial charge in [0.2, 0.25) is 5.91 Å². The van der Waals surface area contributed by atoms with Crippen LogP contribution in [0.4, 0.5) is 10.1 Å². The molecular weight excluding hydrogens is 423 g/mol. The maximum atomic E-state index is 13.3. The Balaban J connectivity index is 0.000000218. The lowest BCUT2D eigenvalue weighted by Crippen LogP contribution is -2.46. The van der Waals surface area contributed by atoms with Gasteiger partial charge in [0.25, 0.3) is 5.56 Å². The van der Waals surface area contributed by atoms with Gasteiger partial charge < -0.3 is 11.1 Å². The summed E-state index contributed by atoms with van der Waals surface area (Å²) in [7, 11) is 0. The molecular formula is C25H27FN4O3. The number of anilines is 1. The average molecular weight is 451 g/mol. The van der Waals surface area contributed by atoms with Crippen LogP contribution in [-0.2, 0) is 16.3 Å². The lowest BCUT2D eigenvalue weighted by molar-refractivity contribution is -0.140. The number of fused-ring (bicyclic) bond motifs is 1. The van der Waals surface area contributed by atoms with Gasteiger partial charge in [-0.2, -0.15) is 0 Å². The molecule has 1 aromatic heterocycles. The Morgan fingerprint density at radius 2 is 1.79 bits per heavy atom. The maximum absolute atomic E-state index is 13.3. The topological polar surface area (TPSA) is 107 Å². The predicted molar refractivity (Wildman–Crippen MR) is 127 cm³/mol. The molecule has 3 aromatic rings. The number of carbonyl (C=O) groups is 2. The smallest absolute Gasteiger partial charge is 0.266 e. The third-order valence-electron chi connectivity index (χ3n) is 6.00. The van der Waals surface area contributed by atoms with Crippen molar-refractivity contribution in [3.05, 3.63) is 76.5 Å². The molecule has 8 heteroatoms. The maximum Gasteiger partial charge on any atom is 0.266 e. The molecule has 0 saturated carbocycles. The highest BCUT2D eigenvalue weighted by atomic mass is 19.1. The molecule has 0 atom stereocenters. The molecule has 2 aromatic carbocycles. The molecule has 1 aliphatic heterocycles. The fraction of sp³-hybridized carbons (Fsp3) is 0.280. The zero-order valence-electron chi connectivity index (χ0n) is 18.9. The standard InChI is InChI=1S/C16H14FN3O.C9H13NO2/c1-10-4-2-3-5-14(10)20-15(9-17)19-13-7-6-11(18)8-12(13)16(20)21;1-3-9(4-2)7(11)5-6-10-8(9)12/h2-8H,9,18H2,1H3;5-6H,3-4H2,1-2H3,(H,10,12). The van der Waals surface area contributed by atoms with Gasteiger partial charge in [0.15, 0.2) is 5.78 Å². The van der Waals surface area contributed by atoms with Crippen molar-refractivity contribution in [2.75, 3.05) is 5.73 Å². The van der Waals surface area contributed by atoms with E-state index in [4.69, 9.17) is 5.73 Å². The number of nitrogens with zero attached hydrogens (tertiary/aromatic N) is 2. The number of allylic oxidation sites excluding steroid dienone is 1. The van der Waals surface area contributed by atoms with Crippen LogP contribution in [0.25, 0.3) is 16.6 Å². The molecule has 33 heavy (non-hydrogen) atoms. The van der Waals surface area contributed by atoms with Crippen LogP contribution in [0, 0.1) is 12.3 Å². The van der Waals surface area contributed by atoms with Gasteiger partial charge >= 0.3 is 0 Å². The first-order valence-electron chi connectivity index (χ1n) is 10.7. The first-order chi connectivity index (χ1) is 15.8. The van der Waals surface area contributed by atoms with E-state index in [9.17, 15) is 18.8 Å². The van der Waals surface area contributed by atoms with E-state index in [-0.39, 0.29) is 23.1 Å². The van der Waals surface area contributed by atoms with E-state index in [1.807, 2.05) is 32.9 Å². The van der Waals surface area contributed by atoms with Gasteiger partial charge in [0.05, 0.1) is 16.6 Å². The Kier molecular flexibility index (Phi) is 7.06. The van der Waals surface area contributed by atoms with E-state index in [2.05, 4.69) is 10.3 Å². The van der Waals surface area contributed by atoms with Gasteiger partial charge in [0, 0.05) is 11.9 Å². The molecule has 1 aliphatic rings. The first-order valence-corrected chi connectivity index (χ1v) is 10.7. The zero-order valence-corrected chi connectivity index (χ0v) is 18.9. The minimum Gasteiger partial charge on any atom is -0.399 e. The van der Waals surface area contributed by atoms with Crippen molar-refractivity contribution >= 4 is 28.3 Å². The lowest BCUT2D eigenvalue weighted by atomic mass is 9.76. The fourth-order valence-corrected chi connectivity index (χ4v) is 3.92. The number of alkyl halides is 1. The number of nitrogens with two attached hydrogens (primary N) is 1. The molecule has 0 unspecified atom stereocenters. The minimum atomic E-state index is -0.816. The number of para-hydroxylation sites is 1. The molecule has 172 valence electrons. The van der Waals surface area contributed by atoms with E-state index >= 15 is 0 Å². The number of carbonyl (C=O) groups excluding carboxylic acids is 2. The van der Waals surface area contributed by atoms with Gasteiger partial charge in [-0.15, -0.1) is 0 Å². The Labute approximate surface area is 191 Å². The SMILES string of the molecule is CCC1(CC)C(=O)C=CNC1=O.Cc1ccccc1-n1c(CF)nc2ccc(N)cc2c1=O. The van der Waals surface area contributed by atoms with E-state index < -0.39 is 12.1 Å². The number of amides is 1. The summed E-state index contributed by atoms with van der Waals surface area (Å²) in [5.74, 6) is -0.150. The molecule has 7 nitrogen and oxygen atoms in total. The summed E-state index contributed by atoms with van der Waals surface area (Å²) in [4.78, 5) is 39.8. The summed E-state index contributed by atoms with van der Waals surface area (Å²) in [6.07, 6.45) is 3.99. The van der Waals surface area contributed by atoms with Crippen molar-refractivity contribution in [2.24, 2.45) is 5.41 Å². The normalized spacial score (nSPS) is 14.5. The number of ketones is 1. The Morgan fingerprint density at radius 3 is 2.36 bits per heavy atom. The molecule has 0 radical (unpaired) electrons. The third-order valence-corrected chi connectivity index (χ3v) is 6.00. The summed E-state index contributed by atoms with van der Waals surface area (Å²) in [6.45, 7) is 4.78. The van der Waals surface area contributed by atoms with Crippen molar-refractivity contribution in [2.45, 2.75) is 40.3 Å². The predicted octanol–water partition coefficient (Wildman–Crippen LogP) is 3.75. The number of nitrogens with one attached hydrogen (secondary N) is 1. The van der Waals surface area contributed by atoms with Crippen LogP contribution in [0.2, 0.25) is 0 Å². The summed E-state index contributed by atoms with van der Waals surface area (Å²) in [5, 5.41) is 2.95. The first kappa shape index (κ1) is 23.8. The Bertz CT molecular complexity index is 1290. The highest BCUT2D eigenvalue weighted by Gasteiger charge is 2.42. The van der Waals surface area contributed by atoms with Crippen molar-refractivity contribution < 1.29 is 14.0 Å². The average Bonchev–Trinajstić information content (AvgIpc) is 2.81. The van der Waals surface area contributed by atoms with E-state index in [0.29, 0.717) is 35.1 Å². The van der Waals surface area contributed by atoms with Crippen molar-refractivity contribution in [3.63, 3.8) is 0 Å². The largest absolute Gasteiger partial charge is 0.399 e. The van der Waals surface area contributed by atoms with Gasteiger partial charge in [0.1, 0.15) is 17.9 Å². The quantitative estimate of drug-likeness (QED) is 0.465. The summed E-state index contributed by atoms with van der Waals surface area (Å²) in [5.41, 5.74) is 7.06. The third kappa shape index (κ3) is 4.41. The van der Waals surface area contributed by atoms with Crippen LogP contribution in [-0.4, -0.2) is 21.2 Å². The number of halogens is 1. The molecule has 0 saturated heterocycles. The Morgan fingerprint density at radius 1 is 1.09 bits per heavy atom. The van der Waals surface area contributed by atoms with Crippen LogP contribution in [0.3, 0.4) is 0 Å². The Hall–Kier alpha value is -3.81.